The topological polar surface area (TPSA) is 72.4 Å². The van der Waals surface area contributed by atoms with E-state index in [0.717, 1.165) is 0 Å². The van der Waals surface area contributed by atoms with Crippen molar-refractivity contribution in [2.45, 2.75) is 6.92 Å². The lowest BCUT2D eigenvalue weighted by Gasteiger charge is -1.80. The Morgan fingerprint density at radius 3 is 2.00 bits per heavy atom. The van der Waals surface area contributed by atoms with Crippen molar-refractivity contribution in [3.05, 3.63) is 35.9 Å². The summed E-state index contributed by atoms with van der Waals surface area (Å²) in [5, 5.41) is 7.93. The number of hydrogen-bond donors (Lipinski definition) is 0. The predicted molar refractivity (Wildman–Crippen MR) is 51.3 cm³/mol. The van der Waals surface area contributed by atoms with Crippen LogP contribution in [0.2, 0.25) is 0 Å². The van der Waals surface area contributed by atoms with Crippen LogP contribution >= 0.6 is 11.6 Å². The molecule has 0 amide bonds. The third-order valence-electron chi connectivity index (χ3n) is 0.903. The van der Waals surface area contributed by atoms with Gasteiger partial charge in [-0.3, -0.25) is 4.79 Å². The normalized spacial score (nSPS) is 6.85. The van der Waals surface area contributed by atoms with E-state index >= 15 is 0 Å². The lowest BCUT2D eigenvalue weighted by Crippen LogP contribution is -1.66. The zero-order valence-corrected chi connectivity index (χ0v) is 7.88. The fourth-order valence-electron chi connectivity index (χ4n) is 0.513. The molecule has 0 aliphatic carbocycles. The van der Waals surface area contributed by atoms with Gasteiger partial charge in [-0.05, 0) is 23.7 Å². The van der Waals surface area contributed by atoms with Gasteiger partial charge in [0.05, 0.1) is 11.6 Å². The minimum absolute atomic E-state index is 0. The Kier molecular flexibility index (Phi) is 9.51. The van der Waals surface area contributed by atoms with Crippen molar-refractivity contribution in [1.82, 2.24) is 0 Å². The van der Waals surface area contributed by atoms with Gasteiger partial charge in [-0.25, -0.2) is 0 Å². The molecule has 0 aliphatic heterocycles. The lowest BCUT2D eigenvalue weighted by molar-refractivity contribution is -0.109. The Balaban J connectivity index is 0. The van der Waals surface area contributed by atoms with E-state index in [9.17, 15) is 4.79 Å². The molecule has 4 heteroatoms. The van der Waals surface area contributed by atoms with Crippen LogP contribution in [-0.2, 0) is 4.79 Å². The van der Waals surface area contributed by atoms with Crippen LogP contribution in [0, 0.1) is 11.3 Å². The van der Waals surface area contributed by atoms with Crippen molar-refractivity contribution in [1.29, 1.82) is 5.26 Å². The number of rotatable bonds is 0. The standard InChI is InChI=1S/C7H5N.C2H3ClO.H2O/c8-6-7-4-2-1-3-5-7;1-2(3)4;/h1-5H;1H3;1H2. The zero-order chi connectivity index (χ0) is 9.40. The van der Waals surface area contributed by atoms with E-state index in [4.69, 9.17) is 5.26 Å². The molecule has 0 heterocycles. The summed E-state index contributed by atoms with van der Waals surface area (Å²) in [6.07, 6.45) is 0. The first-order valence-electron chi connectivity index (χ1n) is 3.28. The zero-order valence-electron chi connectivity index (χ0n) is 7.12. The molecule has 0 aliphatic rings. The fourth-order valence-corrected chi connectivity index (χ4v) is 0.513. The maximum absolute atomic E-state index is 9.21. The number of carbonyl (C=O) groups excluding carboxylic acids is 1. The van der Waals surface area contributed by atoms with Crippen molar-refractivity contribution in [2.75, 3.05) is 0 Å². The molecule has 0 fully saturated rings. The van der Waals surface area contributed by atoms with Crippen LogP contribution in [0.25, 0.3) is 0 Å². The van der Waals surface area contributed by atoms with E-state index in [1.165, 1.54) is 6.92 Å². The largest absolute Gasteiger partial charge is 0.412 e. The van der Waals surface area contributed by atoms with Crippen molar-refractivity contribution >= 4 is 16.8 Å². The molecule has 1 aromatic carbocycles. The van der Waals surface area contributed by atoms with Crippen molar-refractivity contribution in [3.63, 3.8) is 0 Å². The smallest absolute Gasteiger partial charge is 0.218 e. The molecule has 70 valence electrons. The summed E-state index contributed by atoms with van der Waals surface area (Å²) >= 11 is 4.64. The van der Waals surface area contributed by atoms with Crippen LogP contribution < -0.4 is 0 Å². The molecule has 1 aromatic rings. The molecule has 0 aromatic heterocycles. The monoisotopic (exact) mass is 199 g/mol. The van der Waals surface area contributed by atoms with E-state index < -0.39 is 0 Å². The minimum Gasteiger partial charge on any atom is -0.412 e. The van der Waals surface area contributed by atoms with E-state index in [2.05, 4.69) is 11.6 Å². The van der Waals surface area contributed by atoms with Crippen molar-refractivity contribution in [2.24, 2.45) is 0 Å². The highest BCUT2D eigenvalue weighted by atomic mass is 35.5. The molecule has 0 saturated heterocycles. The SMILES string of the molecule is CC(=O)Cl.N#Cc1ccccc1.O. The summed E-state index contributed by atoms with van der Waals surface area (Å²) in [6.45, 7) is 1.29. The number of hydrogen-bond acceptors (Lipinski definition) is 2. The molecule has 13 heavy (non-hydrogen) atoms. The van der Waals surface area contributed by atoms with Crippen molar-refractivity contribution in [3.8, 4) is 6.07 Å². The van der Waals surface area contributed by atoms with Gasteiger partial charge in [0.25, 0.3) is 0 Å². The lowest BCUT2D eigenvalue weighted by atomic mass is 10.2. The molecular formula is C9H10ClNO2. The van der Waals surface area contributed by atoms with Crippen LogP contribution in [-0.4, -0.2) is 10.7 Å². The van der Waals surface area contributed by atoms with Crippen LogP contribution in [0.5, 0.6) is 0 Å². The highest BCUT2D eigenvalue weighted by Gasteiger charge is 1.79. The Hall–Kier alpha value is -1.37. The van der Waals surface area contributed by atoms with Gasteiger partial charge in [-0.1, -0.05) is 18.2 Å². The molecule has 0 spiro atoms. The van der Waals surface area contributed by atoms with E-state index in [0.29, 0.717) is 5.56 Å². The minimum atomic E-state index is -0.361. The summed E-state index contributed by atoms with van der Waals surface area (Å²) in [4.78, 5) is 9.21. The van der Waals surface area contributed by atoms with Gasteiger partial charge in [0, 0.05) is 6.92 Å². The highest BCUT2D eigenvalue weighted by molar-refractivity contribution is 6.62. The second-order valence-electron chi connectivity index (χ2n) is 1.95. The highest BCUT2D eigenvalue weighted by Crippen LogP contribution is 1.93. The first-order valence-corrected chi connectivity index (χ1v) is 3.66. The molecule has 0 saturated carbocycles. The van der Waals surface area contributed by atoms with Gasteiger partial charge >= 0.3 is 0 Å². The van der Waals surface area contributed by atoms with Gasteiger partial charge in [-0.2, -0.15) is 5.26 Å². The summed E-state index contributed by atoms with van der Waals surface area (Å²) in [5.41, 5.74) is 0.715. The first-order chi connectivity index (χ1) is 5.66. The molecule has 0 unspecified atom stereocenters. The number of carbonyl (C=O) groups is 1. The number of nitrogens with zero attached hydrogens (tertiary/aromatic N) is 1. The summed E-state index contributed by atoms with van der Waals surface area (Å²) in [5.74, 6) is 0. The number of nitriles is 1. The molecule has 0 atom stereocenters. The Morgan fingerprint density at radius 1 is 1.38 bits per heavy atom. The van der Waals surface area contributed by atoms with E-state index in [-0.39, 0.29) is 10.7 Å². The molecular weight excluding hydrogens is 190 g/mol. The summed E-state index contributed by atoms with van der Waals surface area (Å²) < 4.78 is 0. The van der Waals surface area contributed by atoms with Crippen LogP contribution in [0.15, 0.2) is 30.3 Å². The maximum atomic E-state index is 9.21. The average molecular weight is 200 g/mol. The molecule has 1 rings (SSSR count). The fraction of sp³-hybridized carbons (Fsp3) is 0.111. The summed E-state index contributed by atoms with van der Waals surface area (Å²) in [7, 11) is 0. The number of benzene rings is 1. The maximum Gasteiger partial charge on any atom is 0.218 e. The third-order valence-corrected chi connectivity index (χ3v) is 0.903. The van der Waals surface area contributed by atoms with Gasteiger partial charge in [-0.15, -0.1) is 0 Å². The molecule has 3 nitrogen and oxygen atoms in total. The second kappa shape index (κ2) is 8.72. The predicted octanol–water partition coefficient (Wildman–Crippen LogP) is 1.51. The third kappa shape index (κ3) is 10.6. The quantitative estimate of drug-likeness (QED) is 0.594. The van der Waals surface area contributed by atoms with Crippen LogP contribution in [0.1, 0.15) is 12.5 Å². The molecule has 0 bridgehead atoms. The van der Waals surface area contributed by atoms with Gasteiger partial charge in [0.15, 0.2) is 0 Å². The van der Waals surface area contributed by atoms with Gasteiger partial charge in [0.1, 0.15) is 0 Å². The Morgan fingerprint density at radius 2 is 1.77 bits per heavy atom. The van der Waals surface area contributed by atoms with Crippen LogP contribution in [0.4, 0.5) is 0 Å². The van der Waals surface area contributed by atoms with E-state index in [1.807, 2.05) is 24.3 Å². The average Bonchev–Trinajstić information content (AvgIpc) is 2.05. The van der Waals surface area contributed by atoms with Crippen LogP contribution in [0.3, 0.4) is 0 Å². The Labute approximate surface area is 81.9 Å². The molecule has 2 N–H and O–H groups in total. The Bertz CT molecular complexity index is 275. The second-order valence-corrected chi connectivity index (χ2v) is 2.48. The van der Waals surface area contributed by atoms with Crippen molar-refractivity contribution < 1.29 is 10.3 Å². The first kappa shape index (κ1) is 14.2. The summed E-state index contributed by atoms with van der Waals surface area (Å²) in [6, 6.07) is 11.2. The number of halogens is 1. The van der Waals surface area contributed by atoms with Gasteiger partial charge in [0.2, 0.25) is 5.24 Å². The molecule has 0 radical (unpaired) electrons. The van der Waals surface area contributed by atoms with E-state index in [1.54, 1.807) is 12.1 Å². The van der Waals surface area contributed by atoms with Gasteiger partial charge < -0.3 is 5.48 Å².